The minimum absolute atomic E-state index is 0.0917. The lowest BCUT2D eigenvalue weighted by atomic mass is 10.00. The molecule has 0 aliphatic carbocycles. The van der Waals surface area contributed by atoms with Gasteiger partial charge in [0.15, 0.2) is 0 Å². The summed E-state index contributed by atoms with van der Waals surface area (Å²) in [7, 11) is 1.01. The second-order valence-electron chi connectivity index (χ2n) is 5.23. The van der Waals surface area contributed by atoms with Gasteiger partial charge in [0.1, 0.15) is 6.61 Å². The number of amides is 1. The van der Waals surface area contributed by atoms with Crippen molar-refractivity contribution in [2.24, 2.45) is 7.05 Å². The standard InChI is InChI=1S/C15H14F3N3O5/c1-21-10(14(25,11(22)23)15(16,17)18)7-19-12(21)20-13(24)26-8-9-5-3-2-4-6-9/h2-7,25H,8H2,1H3,(H,22,23)(H,19,20,24). The van der Waals surface area contributed by atoms with Crippen LogP contribution in [0.5, 0.6) is 0 Å². The Labute approximate surface area is 144 Å². The van der Waals surface area contributed by atoms with Crippen molar-refractivity contribution in [1.29, 1.82) is 0 Å². The molecule has 0 saturated carbocycles. The van der Waals surface area contributed by atoms with Gasteiger partial charge in [-0.2, -0.15) is 13.2 Å². The molecular formula is C15H14F3N3O5. The molecule has 140 valence electrons. The summed E-state index contributed by atoms with van der Waals surface area (Å²) < 4.78 is 44.5. The first-order valence-corrected chi connectivity index (χ1v) is 7.09. The van der Waals surface area contributed by atoms with E-state index < -0.39 is 35.5 Å². The monoisotopic (exact) mass is 373 g/mol. The summed E-state index contributed by atoms with van der Waals surface area (Å²) in [4.78, 5) is 26.2. The zero-order valence-electron chi connectivity index (χ0n) is 13.3. The summed E-state index contributed by atoms with van der Waals surface area (Å²) in [6.07, 6.45) is -6.01. The van der Waals surface area contributed by atoms with Crippen LogP contribution in [0.1, 0.15) is 11.3 Å². The number of alkyl halides is 3. The Morgan fingerprint density at radius 1 is 1.27 bits per heavy atom. The number of hydrogen-bond donors (Lipinski definition) is 3. The number of halogens is 3. The fourth-order valence-corrected chi connectivity index (χ4v) is 2.09. The summed E-state index contributed by atoms with van der Waals surface area (Å²) in [5.41, 5.74) is -4.57. The van der Waals surface area contributed by atoms with Crippen LogP contribution >= 0.6 is 0 Å². The minimum atomic E-state index is -5.50. The number of benzene rings is 1. The summed E-state index contributed by atoms with van der Waals surface area (Å²) in [5, 5.41) is 20.6. The number of aromatic nitrogens is 2. The van der Waals surface area contributed by atoms with Gasteiger partial charge in [0.2, 0.25) is 5.95 Å². The molecule has 2 rings (SSSR count). The lowest BCUT2D eigenvalue weighted by Crippen LogP contribution is -2.50. The lowest BCUT2D eigenvalue weighted by Gasteiger charge is -2.26. The van der Waals surface area contributed by atoms with E-state index in [1.807, 2.05) is 0 Å². The molecule has 0 spiro atoms. The van der Waals surface area contributed by atoms with Crippen molar-refractivity contribution in [3.05, 3.63) is 47.8 Å². The van der Waals surface area contributed by atoms with Crippen LogP contribution in [0.25, 0.3) is 0 Å². The SMILES string of the molecule is Cn1c(C(O)(C(=O)O)C(F)(F)F)cnc1NC(=O)OCc1ccccc1. The van der Waals surface area contributed by atoms with Crippen LogP contribution in [0.15, 0.2) is 36.5 Å². The molecule has 11 heteroatoms. The smallest absolute Gasteiger partial charge is 0.434 e. The van der Waals surface area contributed by atoms with Gasteiger partial charge < -0.3 is 19.5 Å². The highest BCUT2D eigenvalue weighted by Gasteiger charge is 2.63. The second kappa shape index (κ2) is 7.04. The number of aliphatic carboxylic acids is 1. The van der Waals surface area contributed by atoms with Gasteiger partial charge in [-0.15, -0.1) is 0 Å². The van der Waals surface area contributed by atoms with Gasteiger partial charge in [-0.05, 0) is 5.56 Å². The van der Waals surface area contributed by atoms with Crippen LogP contribution in [0.3, 0.4) is 0 Å². The first kappa shape index (κ1) is 19.2. The molecule has 8 nitrogen and oxygen atoms in total. The number of rotatable bonds is 5. The molecule has 2 aromatic rings. The van der Waals surface area contributed by atoms with Crippen molar-refractivity contribution < 1.29 is 37.7 Å². The van der Waals surface area contributed by atoms with E-state index in [0.29, 0.717) is 16.3 Å². The van der Waals surface area contributed by atoms with Gasteiger partial charge in [0.25, 0.3) is 0 Å². The first-order valence-electron chi connectivity index (χ1n) is 7.09. The highest BCUT2D eigenvalue weighted by atomic mass is 19.4. The second-order valence-corrected chi connectivity index (χ2v) is 5.23. The van der Waals surface area contributed by atoms with E-state index in [2.05, 4.69) is 10.3 Å². The molecule has 0 aliphatic heterocycles. The third kappa shape index (κ3) is 3.61. The molecule has 0 bridgehead atoms. The van der Waals surface area contributed by atoms with Gasteiger partial charge in [-0.3, -0.25) is 5.32 Å². The molecule has 1 amide bonds. The summed E-state index contributed by atoms with van der Waals surface area (Å²) in [6, 6.07) is 8.62. The summed E-state index contributed by atoms with van der Waals surface area (Å²) in [6.45, 7) is -0.0917. The van der Waals surface area contributed by atoms with E-state index in [-0.39, 0.29) is 6.61 Å². The van der Waals surface area contributed by atoms with Crippen molar-refractivity contribution in [2.75, 3.05) is 5.32 Å². The predicted molar refractivity (Wildman–Crippen MR) is 81.0 cm³/mol. The van der Waals surface area contributed by atoms with Crippen LogP contribution in [-0.4, -0.2) is 38.0 Å². The van der Waals surface area contributed by atoms with E-state index in [4.69, 9.17) is 9.84 Å². The Balaban J connectivity index is 2.15. The number of nitrogens with zero attached hydrogens (tertiary/aromatic N) is 2. The molecule has 1 atom stereocenters. The van der Waals surface area contributed by atoms with Crippen molar-refractivity contribution in [3.8, 4) is 0 Å². The maximum absolute atomic E-state index is 13.0. The number of anilines is 1. The molecular weight excluding hydrogens is 359 g/mol. The fraction of sp³-hybridized carbons (Fsp3) is 0.267. The number of hydrogen-bond acceptors (Lipinski definition) is 5. The van der Waals surface area contributed by atoms with Gasteiger partial charge in [-0.1, -0.05) is 30.3 Å². The fourth-order valence-electron chi connectivity index (χ4n) is 2.09. The van der Waals surface area contributed by atoms with E-state index in [9.17, 15) is 27.9 Å². The number of aliphatic hydroxyl groups is 1. The average molecular weight is 373 g/mol. The van der Waals surface area contributed by atoms with E-state index in [0.717, 1.165) is 7.05 Å². The van der Waals surface area contributed by atoms with Crippen molar-refractivity contribution >= 4 is 18.0 Å². The Kier molecular flexibility index (Phi) is 5.21. The lowest BCUT2D eigenvalue weighted by molar-refractivity contribution is -0.267. The predicted octanol–water partition coefficient (Wildman–Crippen LogP) is 2.00. The molecule has 1 aromatic heterocycles. The zero-order chi connectivity index (χ0) is 19.5. The molecule has 0 saturated heterocycles. The van der Waals surface area contributed by atoms with Crippen molar-refractivity contribution in [1.82, 2.24) is 9.55 Å². The van der Waals surface area contributed by atoms with Crippen molar-refractivity contribution in [2.45, 2.75) is 18.4 Å². The van der Waals surface area contributed by atoms with E-state index in [1.165, 1.54) is 0 Å². The van der Waals surface area contributed by atoms with Crippen LogP contribution in [0.4, 0.5) is 23.9 Å². The van der Waals surface area contributed by atoms with Crippen LogP contribution in [0.2, 0.25) is 0 Å². The van der Waals surface area contributed by atoms with Crippen LogP contribution < -0.4 is 5.32 Å². The Morgan fingerprint density at radius 3 is 2.42 bits per heavy atom. The maximum atomic E-state index is 13.0. The molecule has 1 aromatic carbocycles. The highest BCUT2D eigenvalue weighted by Crippen LogP contribution is 2.39. The third-order valence-electron chi connectivity index (χ3n) is 3.51. The van der Waals surface area contributed by atoms with Crippen LogP contribution in [0, 0.1) is 0 Å². The number of nitrogens with one attached hydrogen (secondary N) is 1. The van der Waals surface area contributed by atoms with Gasteiger partial charge in [0, 0.05) is 7.05 Å². The number of ether oxygens (including phenoxy) is 1. The number of carbonyl (C=O) groups is 2. The first-order chi connectivity index (χ1) is 12.1. The van der Waals surface area contributed by atoms with E-state index in [1.54, 1.807) is 30.3 Å². The molecule has 1 unspecified atom stereocenters. The van der Waals surface area contributed by atoms with Gasteiger partial charge in [-0.25, -0.2) is 14.6 Å². The Bertz CT molecular complexity index is 807. The Hall–Kier alpha value is -3.08. The highest BCUT2D eigenvalue weighted by molar-refractivity contribution is 5.83. The van der Waals surface area contributed by atoms with Gasteiger partial charge >= 0.3 is 23.8 Å². The molecule has 0 fully saturated rings. The number of carboxylic acid groups (broad SMARTS) is 1. The van der Waals surface area contributed by atoms with E-state index >= 15 is 0 Å². The number of carbonyl (C=O) groups excluding carboxylic acids is 1. The largest absolute Gasteiger partial charge is 0.479 e. The molecule has 1 heterocycles. The number of imidazole rings is 1. The molecule has 0 aliphatic rings. The number of carboxylic acids is 1. The maximum Gasteiger partial charge on any atom is 0.434 e. The van der Waals surface area contributed by atoms with Gasteiger partial charge in [0.05, 0.1) is 11.9 Å². The van der Waals surface area contributed by atoms with Crippen LogP contribution in [-0.2, 0) is 28.8 Å². The molecule has 3 N–H and O–H groups in total. The normalized spacial score (nSPS) is 13.7. The Morgan fingerprint density at radius 2 is 1.88 bits per heavy atom. The quantitative estimate of drug-likeness (QED) is 0.739. The third-order valence-corrected chi connectivity index (χ3v) is 3.51. The summed E-state index contributed by atoms with van der Waals surface area (Å²) in [5.74, 6) is -2.95. The zero-order valence-corrected chi connectivity index (χ0v) is 13.3. The average Bonchev–Trinajstić information content (AvgIpc) is 2.93. The molecule has 0 radical (unpaired) electrons. The molecule has 26 heavy (non-hydrogen) atoms. The minimum Gasteiger partial charge on any atom is -0.479 e. The van der Waals surface area contributed by atoms with Crippen molar-refractivity contribution in [3.63, 3.8) is 0 Å². The summed E-state index contributed by atoms with van der Waals surface area (Å²) >= 11 is 0. The topological polar surface area (TPSA) is 114 Å².